The maximum absolute atomic E-state index is 13.0. The van der Waals surface area contributed by atoms with Crippen molar-refractivity contribution in [2.75, 3.05) is 25.0 Å². The smallest absolute Gasteiger partial charge is 0.286 e. The monoisotopic (exact) mass is 436 g/mol. The van der Waals surface area contributed by atoms with Crippen molar-refractivity contribution in [1.82, 2.24) is 15.1 Å². The molecule has 1 aromatic heterocycles. The van der Waals surface area contributed by atoms with Gasteiger partial charge in [-0.2, -0.15) is 0 Å². The summed E-state index contributed by atoms with van der Waals surface area (Å²) in [7, 11) is 0. The van der Waals surface area contributed by atoms with Crippen LogP contribution in [-0.2, 0) is 0 Å². The number of nitrogens with zero attached hydrogens (tertiary/aromatic N) is 3. The highest BCUT2D eigenvalue weighted by atomic mass is 32.1. The van der Waals surface area contributed by atoms with Crippen molar-refractivity contribution in [3.05, 3.63) is 70.2 Å². The van der Waals surface area contributed by atoms with Crippen LogP contribution in [0.3, 0.4) is 0 Å². The van der Waals surface area contributed by atoms with E-state index < -0.39 is 0 Å². The van der Waals surface area contributed by atoms with E-state index in [1.165, 1.54) is 11.3 Å². The highest BCUT2D eigenvalue weighted by Crippen LogP contribution is 2.31. The molecular formula is C23H24N4O3S. The standard InChI is InChI=1S/C23H24N4O3S/c1-2-30-19-11-7-6-10-18(19)23(29)27-14-12-16(13-15-27)21-25-26-22(31-21)20(28)24-17-8-4-3-5-9-17/h3-11,16H,2,12-15H2,1H3,(H,24,28). The number of ether oxygens (including phenoxy) is 1. The first-order valence-corrected chi connectivity index (χ1v) is 11.2. The Morgan fingerprint density at radius 1 is 1.06 bits per heavy atom. The molecule has 3 aromatic rings. The number of anilines is 1. The zero-order valence-corrected chi connectivity index (χ0v) is 18.1. The molecule has 4 rings (SSSR count). The first-order valence-electron chi connectivity index (χ1n) is 10.4. The summed E-state index contributed by atoms with van der Waals surface area (Å²) in [4.78, 5) is 27.3. The topological polar surface area (TPSA) is 84.4 Å². The first-order chi connectivity index (χ1) is 15.2. The predicted octanol–water partition coefficient (Wildman–Crippen LogP) is 4.21. The number of nitrogens with one attached hydrogen (secondary N) is 1. The average molecular weight is 437 g/mol. The summed E-state index contributed by atoms with van der Waals surface area (Å²) in [5.41, 5.74) is 1.32. The normalized spacial score (nSPS) is 14.3. The summed E-state index contributed by atoms with van der Waals surface area (Å²) < 4.78 is 5.61. The molecule has 1 aliphatic rings. The number of likely N-dealkylation sites (tertiary alicyclic amines) is 1. The molecule has 0 atom stereocenters. The molecule has 0 saturated carbocycles. The van der Waals surface area contributed by atoms with E-state index in [4.69, 9.17) is 4.74 Å². The van der Waals surface area contributed by atoms with Crippen molar-refractivity contribution in [2.24, 2.45) is 0 Å². The highest BCUT2D eigenvalue weighted by molar-refractivity contribution is 7.13. The Hall–Kier alpha value is -3.26. The van der Waals surface area contributed by atoms with E-state index in [-0.39, 0.29) is 17.7 Å². The van der Waals surface area contributed by atoms with Gasteiger partial charge in [0.1, 0.15) is 10.8 Å². The third kappa shape index (κ3) is 4.91. The molecule has 0 spiro atoms. The maximum atomic E-state index is 13.0. The van der Waals surface area contributed by atoms with Gasteiger partial charge in [-0.15, -0.1) is 10.2 Å². The van der Waals surface area contributed by atoms with E-state index in [9.17, 15) is 9.59 Å². The zero-order chi connectivity index (χ0) is 21.6. The lowest BCUT2D eigenvalue weighted by molar-refractivity contribution is 0.0708. The van der Waals surface area contributed by atoms with Crippen LogP contribution in [0.5, 0.6) is 5.75 Å². The van der Waals surface area contributed by atoms with Crippen LogP contribution in [0.15, 0.2) is 54.6 Å². The van der Waals surface area contributed by atoms with Gasteiger partial charge in [-0.25, -0.2) is 0 Å². The van der Waals surface area contributed by atoms with Crippen LogP contribution in [0.2, 0.25) is 0 Å². The van der Waals surface area contributed by atoms with E-state index in [0.717, 1.165) is 23.5 Å². The molecule has 1 aliphatic heterocycles. The van der Waals surface area contributed by atoms with Gasteiger partial charge in [0.2, 0.25) is 5.01 Å². The molecule has 8 heteroatoms. The number of rotatable bonds is 6. The average Bonchev–Trinajstić information content (AvgIpc) is 3.31. The minimum Gasteiger partial charge on any atom is -0.493 e. The van der Waals surface area contributed by atoms with Crippen LogP contribution in [-0.4, -0.2) is 46.6 Å². The minimum atomic E-state index is -0.255. The van der Waals surface area contributed by atoms with Gasteiger partial charge in [-0.3, -0.25) is 9.59 Å². The molecule has 1 saturated heterocycles. The Kier molecular flexibility index (Phi) is 6.57. The number of carbonyl (C=O) groups excluding carboxylic acids is 2. The van der Waals surface area contributed by atoms with E-state index in [1.54, 1.807) is 0 Å². The zero-order valence-electron chi connectivity index (χ0n) is 17.3. The van der Waals surface area contributed by atoms with E-state index >= 15 is 0 Å². The summed E-state index contributed by atoms with van der Waals surface area (Å²) in [5.74, 6) is 0.551. The molecule has 0 unspecified atom stereocenters. The van der Waals surface area contributed by atoms with E-state index in [1.807, 2.05) is 66.4 Å². The predicted molar refractivity (Wildman–Crippen MR) is 120 cm³/mol. The molecule has 2 heterocycles. The number of aromatic nitrogens is 2. The number of piperidine rings is 1. The van der Waals surface area contributed by atoms with Gasteiger partial charge < -0.3 is 15.0 Å². The maximum Gasteiger partial charge on any atom is 0.286 e. The van der Waals surface area contributed by atoms with Gasteiger partial charge in [-0.1, -0.05) is 41.7 Å². The fraction of sp³-hybridized carbons (Fsp3) is 0.304. The van der Waals surface area contributed by atoms with Gasteiger partial charge in [0.25, 0.3) is 11.8 Å². The second-order valence-corrected chi connectivity index (χ2v) is 8.27. The van der Waals surface area contributed by atoms with E-state index in [0.29, 0.717) is 36.0 Å². The number of para-hydroxylation sites is 2. The Morgan fingerprint density at radius 3 is 2.52 bits per heavy atom. The molecule has 31 heavy (non-hydrogen) atoms. The summed E-state index contributed by atoms with van der Waals surface area (Å²) in [6, 6.07) is 16.6. The highest BCUT2D eigenvalue weighted by Gasteiger charge is 2.28. The third-order valence-electron chi connectivity index (χ3n) is 5.22. The van der Waals surface area contributed by atoms with Crippen molar-refractivity contribution >= 4 is 28.8 Å². The second-order valence-electron chi connectivity index (χ2n) is 7.26. The fourth-order valence-corrected chi connectivity index (χ4v) is 4.53. The van der Waals surface area contributed by atoms with Gasteiger partial charge in [0, 0.05) is 24.7 Å². The van der Waals surface area contributed by atoms with Gasteiger partial charge in [-0.05, 0) is 44.0 Å². The summed E-state index contributed by atoms with van der Waals surface area (Å²) in [5, 5.41) is 12.4. The van der Waals surface area contributed by atoms with Crippen molar-refractivity contribution < 1.29 is 14.3 Å². The lowest BCUT2D eigenvalue weighted by atomic mass is 9.97. The lowest BCUT2D eigenvalue weighted by Crippen LogP contribution is -2.38. The molecule has 0 bridgehead atoms. The lowest BCUT2D eigenvalue weighted by Gasteiger charge is -2.31. The van der Waals surface area contributed by atoms with Crippen LogP contribution in [0, 0.1) is 0 Å². The Morgan fingerprint density at radius 2 is 1.77 bits per heavy atom. The number of carbonyl (C=O) groups is 2. The van der Waals surface area contributed by atoms with Gasteiger partial charge in [0.15, 0.2) is 0 Å². The van der Waals surface area contributed by atoms with Gasteiger partial charge in [0.05, 0.1) is 12.2 Å². The molecule has 1 fully saturated rings. The largest absolute Gasteiger partial charge is 0.493 e. The van der Waals surface area contributed by atoms with Crippen molar-refractivity contribution in [2.45, 2.75) is 25.7 Å². The molecule has 2 aromatic carbocycles. The summed E-state index contributed by atoms with van der Waals surface area (Å²) >= 11 is 1.32. The van der Waals surface area contributed by atoms with Crippen LogP contribution in [0.1, 0.15) is 50.9 Å². The van der Waals surface area contributed by atoms with Crippen LogP contribution >= 0.6 is 11.3 Å². The van der Waals surface area contributed by atoms with Crippen molar-refractivity contribution in [3.8, 4) is 5.75 Å². The molecule has 7 nitrogen and oxygen atoms in total. The first kappa shape index (κ1) is 21.0. The van der Waals surface area contributed by atoms with Crippen molar-refractivity contribution in [3.63, 3.8) is 0 Å². The molecule has 1 N–H and O–H groups in total. The Bertz CT molecular complexity index is 1050. The molecular weight excluding hydrogens is 412 g/mol. The van der Waals surface area contributed by atoms with Gasteiger partial charge >= 0.3 is 0 Å². The molecule has 2 amide bonds. The van der Waals surface area contributed by atoms with Crippen molar-refractivity contribution in [1.29, 1.82) is 0 Å². The number of hydrogen-bond donors (Lipinski definition) is 1. The quantitative estimate of drug-likeness (QED) is 0.626. The minimum absolute atomic E-state index is 0.0114. The Labute approximate surface area is 185 Å². The summed E-state index contributed by atoms with van der Waals surface area (Å²) in [6.07, 6.45) is 1.58. The van der Waals surface area contributed by atoms with Crippen LogP contribution < -0.4 is 10.1 Å². The molecule has 0 aliphatic carbocycles. The number of benzene rings is 2. The number of hydrogen-bond acceptors (Lipinski definition) is 6. The SMILES string of the molecule is CCOc1ccccc1C(=O)N1CCC(c2nnc(C(=O)Nc3ccccc3)s2)CC1. The third-order valence-corrected chi connectivity index (χ3v) is 6.30. The Balaban J connectivity index is 1.36. The fourth-order valence-electron chi connectivity index (χ4n) is 3.62. The van der Waals surface area contributed by atoms with Crippen LogP contribution in [0.25, 0.3) is 0 Å². The van der Waals surface area contributed by atoms with E-state index in [2.05, 4.69) is 15.5 Å². The van der Waals surface area contributed by atoms with Crippen LogP contribution in [0.4, 0.5) is 5.69 Å². The molecule has 0 radical (unpaired) electrons. The summed E-state index contributed by atoms with van der Waals surface area (Å²) in [6.45, 7) is 3.69. The second kappa shape index (κ2) is 9.70. The number of amides is 2. The molecule has 160 valence electrons.